The van der Waals surface area contributed by atoms with E-state index in [1.54, 1.807) is 13.8 Å². The molecule has 1 aliphatic rings. The van der Waals surface area contributed by atoms with Crippen LogP contribution in [0.5, 0.6) is 0 Å². The van der Waals surface area contributed by atoms with Gasteiger partial charge in [-0.25, -0.2) is 4.79 Å². The third kappa shape index (κ3) is 12.6. The number of para-hydroxylation sites is 1. The van der Waals surface area contributed by atoms with Crippen LogP contribution in [0.2, 0.25) is 0 Å². The fourth-order valence-electron chi connectivity index (χ4n) is 6.89. The quantitative estimate of drug-likeness (QED) is 0.0704. The number of benzene rings is 4. The minimum Gasteiger partial charge on any atom is -0.445 e. The second-order valence-electron chi connectivity index (χ2n) is 15.3. The molecular weight excluding hydrogens is 733 g/mol. The van der Waals surface area contributed by atoms with Crippen molar-refractivity contribution in [2.24, 2.45) is 16.8 Å². The zero-order chi connectivity index (χ0) is 41.4. The zero-order valence-corrected chi connectivity index (χ0v) is 33.6. The average Bonchev–Trinajstić information content (AvgIpc) is 3.65. The Kier molecular flexibility index (Phi) is 16.1. The van der Waals surface area contributed by atoms with Gasteiger partial charge >= 0.3 is 6.09 Å². The molecule has 12 nitrogen and oxygen atoms in total. The van der Waals surface area contributed by atoms with Crippen LogP contribution in [0.1, 0.15) is 62.3 Å². The molecule has 4 amide bonds. The van der Waals surface area contributed by atoms with E-state index in [4.69, 9.17) is 4.74 Å². The molecule has 0 radical (unpaired) electrons. The maximum atomic E-state index is 14.4. The van der Waals surface area contributed by atoms with E-state index in [9.17, 15) is 24.3 Å². The molecule has 58 heavy (non-hydrogen) atoms. The van der Waals surface area contributed by atoms with Gasteiger partial charge in [-0.2, -0.15) is 0 Å². The molecule has 12 heteroatoms. The third-order valence-corrected chi connectivity index (χ3v) is 10.2. The Labute approximate surface area is 341 Å². The van der Waals surface area contributed by atoms with Crippen LogP contribution < -0.4 is 26.6 Å². The molecule has 0 saturated heterocycles. The zero-order valence-electron chi connectivity index (χ0n) is 33.6. The van der Waals surface area contributed by atoms with Gasteiger partial charge in [0.1, 0.15) is 24.7 Å². The first-order valence-electron chi connectivity index (χ1n) is 20.0. The number of alkyl carbamates (subject to hydrolysis) is 1. The van der Waals surface area contributed by atoms with Crippen molar-refractivity contribution in [3.63, 3.8) is 0 Å². The lowest BCUT2D eigenvalue weighted by Gasteiger charge is -2.33. The lowest BCUT2D eigenvalue weighted by atomic mass is 9.93. The summed E-state index contributed by atoms with van der Waals surface area (Å²) in [6.07, 6.45) is 0.371. The second kappa shape index (κ2) is 21.6. The highest BCUT2D eigenvalue weighted by atomic mass is 16.5. The number of nitrogens with zero attached hydrogens (tertiary/aromatic N) is 1. The van der Waals surface area contributed by atoms with E-state index in [1.807, 2.05) is 135 Å². The predicted molar refractivity (Wildman–Crippen MR) is 225 cm³/mol. The van der Waals surface area contributed by atoms with Gasteiger partial charge in [0.2, 0.25) is 17.7 Å². The molecule has 0 aliphatic carbocycles. The van der Waals surface area contributed by atoms with Gasteiger partial charge in [0.05, 0.1) is 17.8 Å². The number of aliphatic hydroxyl groups excluding tert-OH is 1. The Hall–Kier alpha value is -5.85. The van der Waals surface area contributed by atoms with Gasteiger partial charge in [0.15, 0.2) is 0 Å². The highest BCUT2D eigenvalue weighted by molar-refractivity contribution is 5.91. The molecule has 4 aromatic carbocycles. The number of fused-ring (bicyclic) bond motifs is 1. The lowest BCUT2D eigenvalue weighted by molar-refractivity contribution is -0.134. The first kappa shape index (κ1) is 43.3. The van der Waals surface area contributed by atoms with Crippen LogP contribution in [0.3, 0.4) is 0 Å². The molecule has 6 atom stereocenters. The summed E-state index contributed by atoms with van der Waals surface area (Å²) in [6.45, 7) is 7.88. The number of ether oxygens (including phenoxy) is 1. The van der Waals surface area contributed by atoms with Crippen molar-refractivity contribution in [1.29, 1.82) is 0 Å². The van der Waals surface area contributed by atoms with Crippen molar-refractivity contribution in [3.8, 4) is 0 Å². The monoisotopic (exact) mass is 788 g/mol. The van der Waals surface area contributed by atoms with Crippen LogP contribution in [-0.4, -0.2) is 72.0 Å². The molecule has 0 fully saturated rings. The Morgan fingerprint density at radius 1 is 0.655 bits per heavy atom. The first-order valence-corrected chi connectivity index (χ1v) is 20.0. The number of aliphatic hydroxyl groups is 1. The Balaban J connectivity index is 1.36. The summed E-state index contributed by atoms with van der Waals surface area (Å²) in [5, 5.41) is 27.0. The van der Waals surface area contributed by atoms with E-state index in [2.05, 4.69) is 31.6 Å². The van der Waals surface area contributed by atoms with E-state index in [-0.39, 0.29) is 43.2 Å². The molecule has 5 rings (SSSR count). The van der Waals surface area contributed by atoms with Gasteiger partial charge in [-0.3, -0.25) is 19.4 Å². The molecule has 6 N–H and O–H groups in total. The molecule has 1 heterocycles. The summed E-state index contributed by atoms with van der Waals surface area (Å²) in [7, 11) is 0. The normalized spacial score (nSPS) is 15.7. The standard InChI is InChI=1S/C46H56N6O6/c1-30(2)39(43(54)49-27-33-18-10-6-11-19-33)51-45(56)41(47-25-24-35-28-48-37-23-15-14-22-36(35)37)42(53)38(26-32-16-8-5-9-17-32)50-44(55)40(31(3)4)52-46(57)58-29-34-20-12-7-13-21-34/h5-23,28,30-31,35,38-42,47,53H,24-27,29H2,1-4H3,(H,49,54)(H,50,55)(H,51,56)(H,52,57)/t35?,38-,39-,40-,41+,42+/m0/s1. The van der Waals surface area contributed by atoms with Gasteiger partial charge in [0, 0.05) is 18.7 Å². The molecule has 0 aromatic heterocycles. The van der Waals surface area contributed by atoms with E-state index >= 15 is 0 Å². The number of nitrogens with one attached hydrogen (secondary N) is 5. The second-order valence-corrected chi connectivity index (χ2v) is 15.3. The van der Waals surface area contributed by atoms with Crippen LogP contribution in [-0.2, 0) is 38.7 Å². The summed E-state index contributed by atoms with van der Waals surface area (Å²) >= 11 is 0. The van der Waals surface area contributed by atoms with Crippen molar-refractivity contribution in [2.75, 3.05) is 6.54 Å². The minimum atomic E-state index is -1.48. The van der Waals surface area contributed by atoms with Crippen LogP contribution in [0, 0.1) is 11.8 Å². The van der Waals surface area contributed by atoms with Gasteiger partial charge in [-0.1, -0.05) is 137 Å². The van der Waals surface area contributed by atoms with Gasteiger partial charge < -0.3 is 36.4 Å². The Bertz CT molecular complexity index is 1960. The van der Waals surface area contributed by atoms with Crippen LogP contribution in [0.15, 0.2) is 120 Å². The minimum absolute atomic E-state index is 0.00364. The van der Waals surface area contributed by atoms with E-state index in [0.29, 0.717) is 13.0 Å². The van der Waals surface area contributed by atoms with Gasteiger partial charge in [-0.15, -0.1) is 0 Å². The largest absolute Gasteiger partial charge is 0.445 e. The Morgan fingerprint density at radius 3 is 1.84 bits per heavy atom. The average molecular weight is 789 g/mol. The fraction of sp³-hybridized carbons (Fsp3) is 0.370. The predicted octanol–water partition coefficient (Wildman–Crippen LogP) is 5.33. The van der Waals surface area contributed by atoms with Gasteiger partial charge in [0.25, 0.3) is 0 Å². The maximum absolute atomic E-state index is 14.4. The van der Waals surface area contributed by atoms with Crippen LogP contribution in [0.25, 0.3) is 0 Å². The van der Waals surface area contributed by atoms with Crippen LogP contribution >= 0.6 is 0 Å². The maximum Gasteiger partial charge on any atom is 0.408 e. The Morgan fingerprint density at radius 2 is 1.21 bits per heavy atom. The summed E-state index contributed by atoms with van der Waals surface area (Å²) in [5.74, 6) is -2.16. The van der Waals surface area contributed by atoms with Crippen molar-refractivity contribution in [2.45, 2.75) is 89.9 Å². The van der Waals surface area contributed by atoms with Crippen molar-refractivity contribution < 1.29 is 29.0 Å². The molecule has 1 aliphatic heterocycles. The summed E-state index contributed by atoms with van der Waals surface area (Å²) in [4.78, 5) is 59.5. The number of carbonyl (C=O) groups excluding carboxylic acids is 4. The molecule has 0 spiro atoms. The number of hydrogen-bond acceptors (Lipinski definition) is 8. The number of aliphatic imine (C=N–C) groups is 1. The number of carbonyl (C=O) groups is 4. The van der Waals surface area contributed by atoms with E-state index < -0.39 is 48.2 Å². The van der Waals surface area contributed by atoms with Gasteiger partial charge in [-0.05, 0) is 59.5 Å². The smallest absolute Gasteiger partial charge is 0.408 e. The topological polar surface area (TPSA) is 170 Å². The molecule has 0 saturated carbocycles. The number of hydrogen-bond donors (Lipinski definition) is 6. The molecular formula is C46H56N6O6. The molecule has 1 unspecified atom stereocenters. The summed E-state index contributed by atoms with van der Waals surface area (Å²) < 4.78 is 5.42. The number of rotatable bonds is 20. The van der Waals surface area contributed by atoms with Crippen molar-refractivity contribution in [3.05, 3.63) is 138 Å². The first-order chi connectivity index (χ1) is 28.0. The number of amides is 4. The van der Waals surface area contributed by atoms with Crippen molar-refractivity contribution >= 4 is 35.7 Å². The molecule has 0 bridgehead atoms. The molecule has 4 aromatic rings. The fourth-order valence-corrected chi connectivity index (χ4v) is 6.89. The SMILES string of the molecule is CC(C)[C@H](NC(=O)OCc1ccccc1)C(=O)N[C@@H](Cc1ccccc1)[C@@H](O)[C@@H](NCCC1C=Nc2ccccc21)C(=O)N[C@H](C(=O)NCc1ccccc1)C(C)C. The third-order valence-electron chi connectivity index (χ3n) is 10.2. The molecule has 306 valence electrons. The highest BCUT2D eigenvalue weighted by Crippen LogP contribution is 2.33. The van der Waals surface area contributed by atoms with E-state index in [1.165, 1.54) is 0 Å². The summed E-state index contributed by atoms with van der Waals surface area (Å²) in [5.41, 5.74) is 4.48. The highest BCUT2D eigenvalue weighted by Gasteiger charge is 2.38. The van der Waals surface area contributed by atoms with Crippen molar-refractivity contribution in [1.82, 2.24) is 26.6 Å². The summed E-state index contributed by atoms with van der Waals surface area (Å²) in [6, 6.07) is 31.7. The van der Waals surface area contributed by atoms with Crippen LogP contribution in [0.4, 0.5) is 10.5 Å². The lowest BCUT2D eigenvalue weighted by Crippen LogP contribution is -2.63. The van der Waals surface area contributed by atoms with E-state index in [0.717, 1.165) is 27.9 Å².